The van der Waals surface area contributed by atoms with Crippen LogP contribution in [0.5, 0.6) is 0 Å². The molecule has 1 aromatic heterocycles. The Labute approximate surface area is 102 Å². The number of hydrogen-bond donors (Lipinski definition) is 2. The van der Waals surface area contributed by atoms with Gasteiger partial charge in [0.25, 0.3) is 0 Å². The first-order valence-electron chi connectivity index (χ1n) is 5.82. The van der Waals surface area contributed by atoms with E-state index in [4.69, 9.17) is 5.73 Å². The first-order chi connectivity index (χ1) is 7.49. The molecule has 16 heavy (non-hydrogen) atoms. The van der Waals surface area contributed by atoms with Gasteiger partial charge in [-0.2, -0.15) is 4.37 Å². The van der Waals surface area contributed by atoms with Gasteiger partial charge in [-0.05, 0) is 12.3 Å². The smallest absolute Gasteiger partial charge is 0.202 e. The summed E-state index contributed by atoms with van der Waals surface area (Å²) in [6, 6.07) is 0.186. The van der Waals surface area contributed by atoms with Crippen molar-refractivity contribution in [2.75, 3.05) is 11.9 Å². The van der Waals surface area contributed by atoms with Crippen molar-refractivity contribution < 1.29 is 0 Å². The Kier molecular flexibility index (Phi) is 5.15. The van der Waals surface area contributed by atoms with Gasteiger partial charge in [-0.1, -0.05) is 27.7 Å². The summed E-state index contributed by atoms with van der Waals surface area (Å²) in [5, 5.41) is 4.12. The summed E-state index contributed by atoms with van der Waals surface area (Å²) in [4.78, 5) is 4.40. The molecule has 1 unspecified atom stereocenters. The van der Waals surface area contributed by atoms with Crippen LogP contribution in [0.25, 0.3) is 0 Å². The molecule has 5 heteroatoms. The number of hydrogen-bond acceptors (Lipinski definition) is 5. The standard InChI is InChI=1S/C11H22N4S/c1-7(2)5-9(12)6-13-11-14-10(8(3)4)15-16-11/h7-9H,5-6,12H2,1-4H3,(H,13,14,15). The van der Waals surface area contributed by atoms with E-state index < -0.39 is 0 Å². The molecule has 0 aromatic carbocycles. The van der Waals surface area contributed by atoms with Crippen molar-refractivity contribution in [3.63, 3.8) is 0 Å². The molecule has 0 aliphatic rings. The summed E-state index contributed by atoms with van der Waals surface area (Å²) in [7, 11) is 0. The van der Waals surface area contributed by atoms with Gasteiger partial charge in [0.05, 0.1) is 0 Å². The van der Waals surface area contributed by atoms with Gasteiger partial charge < -0.3 is 11.1 Å². The predicted molar refractivity (Wildman–Crippen MR) is 69.9 cm³/mol. The second-order valence-electron chi connectivity index (χ2n) is 4.88. The van der Waals surface area contributed by atoms with Crippen molar-refractivity contribution in [1.29, 1.82) is 0 Å². The third-order valence-electron chi connectivity index (χ3n) is 2.25. The minimum Gasteiger partial charge on any atom is -0.359 e. The fourth-order valence-electron chi connectivity index (χ4n) is 1.45. The molecule has 3 N–H and O–H groups in total. The Bertz CT molecular complexity index is 309. The van der Waals surface area contributed by atoms with Crippen LogP contribution in [-0.4, -0.2) is 21.9 Å². The summed E-state index contributed by atoms with van der Waals surface area (Å²) < 4.78 is 4.28. The van der Waals surface area contributed by atoms with Crippen molar-refractivity contribution in [1.82, 2.24) is 9.36 Å². The average Bonchev–Trinajstić information content (AvgIpc) is 2.61. The Morgan fingerprint density at radius 1 is 1.31 bits per heavy atom. The van der Waals surface area contributed by atoms with E-state index in [9.17, 15) is 0 Å². The number of nitrogens with one attached hydrogen (secondary N) is 1. The summed E-state index contributed by atoms with van der Waals surface area (Å²) in [6.07, 6.45) is 1.03. The maximum atomic E-state index is 5.98. The molecule has 1 atom stereocenters. The molecule has 92 valence electrons. The molecular formula is C11H22N4S. The number of nitrogens with two attached hydrogens (primary N) is 1. The van der Waals surface area contributed by atoms with Gasteiger partial charge in [-0.3, -0.25) is 0 Å². The normalized spacial score (nSPS) is 13.4. The van der Waals surface area contributed by atoms with Crippen LogP contribution in [0.15, 0.2) is 0 Å². The van der Waals surface area contributed by atoms with Crippen LogP contribution in [0.2, 0.25) is 0 Å². The van der Waals surface area contributed by atoms with Crippen LogP contribution in [0, 0.1) is 5.92 Å². The first kappa shape index (κ1) is 13.4. The summed E-state index contributed by atoms with van der Waals surface area (Å²) in [5.74, 6) is 1.93. The van der Waals surface area contributed by atoms with E-state index in [1.165, 1.54) is 11.5 Å². The maximum Gasteiger partial charge on any atom is 0.202 e. The highest BCUT2D eigenvalue weighted by Crippen LogP contribution is 2.17. The molecule has 0 radical (unpaired) electrons. The lowest BCUT2D eigenvalue weighted by Gasteiger charge is -2.13. The summed E-state index contributed by atoms with van der Waals surface area (Å²) >= 11 is 1.41. The monoisotopic (exact) mass is 242 g/mol. The van der Waals surface area contributed by atoms with E-state index in [0.29, 0.717) is 11.8 Å². The lowest BCUT2D eigenvalue weighted by molar-refractivity contribution is 0.508. The summed E-state index contributed by atoms with van der Waals surface area (Å²) in [6.45, 7) is 9.32. The highest BCUT2D eigenvalue weighted by atomic mass is 32.1. The van der Waals surface area contributed by atoms with Gasteiger partial charge in [0, 0.05) is 30.0 Å². The third kappa shape index (κ3) is 4.45. The van der Waals surface area contributed by atoms with Crippen LogP contribution in [0.1, 0.15) is 45.9 Å². The van der Waals surface area contributed by atoms with Gasteiger partial charge in [0.15, 0.2) is 0 Å². The Morgan fingerprint density at radius 2 is 2.00 bits per heavy atom. The largest absolute Gasteiger partial charge is 0.359 e. The third-order valence-corrected chi connectivity index (χ3v) is 2.93. The molecular weight excluding hydrogens is 220 g/mol. The van der Waals surface area contributed by atoms with Crippen molar-refractivity contribution in [2.45, 2.75) is 46.1 Å². The van der Waals surface area contributed by atoms with Gasteiger partial charge in [0.2, 0.25) is 5.13 Å². The molecule has 1 heterocycles. The zero-order valence-corrected chi connectivity index (χ0v) is 11.3. The topological polar surface area (TPSA) is 63.8 Å². The number of nitrogens with zero attached hydrogens (tertiary/aromatic N) is 2. The van der Waals surface area contributed by atoms with Crippen LogP contribution in [0.4, 0.5) is 5.13 Å². The van der Waals surface area contributed by atoms with Crippen LogP contribution in [-0.2, 0) is 0 Å². The number of rotatable bonds is 6. The minimum absolute atomic E-state index is 0.186. The van der Waals surface area contributed by atoms with Crippen molar-refractivity contribution >= 4 is 16.7 Å². The highest BCUT2D eigenvalue weighted by Gasteiger charge is 2.09. The second kappa shape index (κ2) is 6.15. The predicted octanol–water partition coefficient (Wildman–Crippen LogP) is 2.45. The van der Waals surface area contributed by atoms with E-state index in [1.54, 1.807) is 0 Å². The van der Waals surface area contributed by atoms with Crippen LogP contribution in [0.3, 0.4) is 0 Å². The Balaban J connectivity index is 2.36. The number of aromatic nitrogens is 2. The van der Waals surface area contributed by atoms with E-state index in [2.05, 4.69) is 42.4 Å². The van der Waals surface area contributed by atoms with Crippen molar-refractivity contribution in [3.05, 3.63) is 5.82 Å². The van der Waals surface area contributed by atoms with Gasteiger partial charge in [-0.15, -0.1) is 0 Å². The Morgan fingerprint density at radius 3 is 2.50 bits per heavy atom. The highest BCUT2D eigenvalue weighted by molar-refractivity contribution is 7.09. The average molecular weight is 242 g/mol. The zero-order chi connectivity index (χ0) is 12.1. The van der Waals surface area contributed by atoms with E-state index in [0.717, 1.165) is 23.9 Å². The van der Waals surface area contributed by atoms with E-state index >= 15 is 0 Å². The molecule has 0 saturated heterocycles. The lowest BCUT2D eigenvalue weighted by Crippen LogP contribution is -2.30. The fraction of sp³-hybridized carbons (Fsp3) is 0.818. The van der Waals surface area contributed by atoms with Gasteiger partial charge >= 0.3 is 0 Å². The molecule has 4 nitrogen and oxygen atoms in total. The molecule has 1 rings (SSSR count). The number of anilines is 1. The lowest BCUT2D eigenvalue weighted by atomic mass is 10.1. The van der Waals surface area contributed by atoms with E-state index in [1.807, 2.05) is 0 Å². The summed E-state index contributed by atoms with van der Waals surface area (Å²) in [5.41, 5.74) is 5.98. The quantitative estimate of drug-likeness (QED) is 0.804. The van der Waals surface area contributed by atoms with Crippen molar-refractivity contribution in [3.8, 4) is 0 Å². The van der Waals surface area contributed by atoms with E-state index in [-0.39, 0.29) is 6.04 Å². The molecule has 0 saturated carbocycles. The first-order valence-corrected chi connectivity index (χ1v) is 6.59. The molecule has 0 amide bonds. The molecule has 0 bridgehead atoms. The molecule has 1 aromatic rings. The second-order valence-corrected chi connectivity index (χ2v) is 5.63. The molecule has 0 fully saturated rings. The fourth-order valence-corrected chi connectivity index (χ4v) is 2.16. The maximum absolute atomic E-state index is 5.98. The minimum atomic E-state index is 0.186. The van der Waals surface area contributed by atoms with Crippen LogP contribution >= 0.6 is 11.5 Å². The molecule has 0 spiro atoms. The molecule has 0 aliphatic carbocycles. The Hall–Kier alpha value is -0.680. The van der Waals surface area contributed by atoms with Gasteiger partial charge in [0.1, 0.15) is 5.82 Å². The van der Waals surface area contributed by atoms with Gasteiger partial charge in [-0.25, -0.2) is 4.98 Å². The van der Waals surface area contributed by atoms with Crippen LogP contribution < -0.4 is 11.1 Å². The SMILES string of the molecule is CC(C)CC(N)CNc1nc(C(C)C)ns1. The van der Waals surface area contributed by atoms with Crippen molar-refractivity contribution in [2.24, 2.45) is 11.7 Å². The molecule has 0 aliphatic heterocycles. The zero-order valence-electron chi connectivity index (χ0n) is 10.5.